The normalized spacial score (nSPS) is 13.1. The van der Waals surface area contributed by atoms with E-state index in [2.05, 4.69) is 6.58 Å². The molecule has 0 amide bonds. The van der Waals surface area contributed by atoms with Crippen molar-refractivity contribution in [1.29, 1.82) is 0 Å². The van der Waals surface area contributed by atoms with Crippen molar-refractivity contribution in [1.82, 2.24) is 0 Å². The molecular weight excluding hydrogens is 212 g/mol. The molecule has 0 bridgehead atoms. The molecule has 2 heteroatoms. The molecule has 0 spiro atoms. The smallest absolute Gasteiger partial charge is 0.161 e. The Kier molecular flexibility index (Phi) is 1.99. The Bertz CT molecular complexity index is 627. The molecule has 2 aromatic carbocycles. The number of hydrogen-bond donors (Lipinski definition) is 2. The Morgan fingerprint density at radius 1 is 0.941 bits per heavy atom. The summed E-state index contributed by atoms with van der Waals surface area (Å²) in [6.45, 7) is 4.07. The van der Waals surface area contributed by atoms with Gasteiger partial charge in [0.15, 0.2) is 11.5 Å². The highest BCUT2D eigenvalue weighted by Gasteiger charge is 2.22. The summed E-state index contributed by atoms with van der Waals surface area (Å²) in [5, 5.41) is 19.4. The molecule has 17 heavy (non-hydrogen) atoms. The van der Waals surface area contributed by atoms with Crippen LogP contribution in [0.25, 0.3) is 5.57 Å². The minimum atomic E-state index is -0.0732. The summed E-state index contributed by atoms with van der Waals surface area (Å²) >= 11 is 0. The highest BCUT2D eigenvalue weighted by Crippen LogP contribution is 2.41. The predicted molar refractivity (Wildman–Crippen MR) is 67.2 cm³/mol. The first-order valence-electron chi connectivity index (χ1n) is 5.50. The second kappa shape index (κ2) is 3.39. The minimum absolute atomic E-state index is 0.0295. The lowest BCUT2D eigenvalue weighted by Crippen LogP contribution is -2.06. The molecule has 0 radical (unpaired) electrons. The van der Waals surface area contributed by atoms with Gasteiger partial charge in [0.25, 0.3) is 0 Å². The third-order valence-electron chi connectivity index (χ3n) is 3.30. The zero-order valence-corrected chi connectivity index (χ0v) is 9.27. The van der Waals surface area contributed by atoms with E-state index < -0.39 is 0 Å². The summed E-state index contributed by atoms with van der Waals surface area (Å²) in [5.74, 6) is -0.103. The number of fused-ring (bicyclic) bond motifs is 2. The van der Waals surface area contributed by atoms with E-state index in [0.717, 1.165) is 27.8 Å². The van der Waals surface area contributed by atoms with E-state index in [9.17, 15) is 10.2 Å². The van der Waals surface area contributed by atoms with Crippen LogP contribution in [0.4, 0.5) is 0 Å². The van der Waals surface area contributed by atoms with Crippen LogP contribution in [-0.2, 0) is 6.42 Å². The van der Waals surface area contributed by atoms with Crippen molar-refractivity contribution in [3.05, 3.63) is 65.2 Å². The fourth-order valence-electron chi connectivity index (χ4n) is 2.39. The van der Waals surface area contributed by atoms with Gasteiger partial charge < -0.3 is 10.2 Å². The van der Waals surface area contributed by atoms with E-state index in [0.29, 0.717) is 6.42 Å². The largest absolute Gasteiger partial charge is 0.504 e. The molecule has 0 heterocycles. The van der Waals surface area contributed by atoms with Crippen LogP contribution in [0.1, 0.15) is 22.3 Å². The first-order chi connectivity index (χ1) is 8.18. The minimum Gasteiger partial charge on any atom is -0.504 e. The summed E-state index contributed by atoms with van der Waals surface area (Å²) in [6, 6.07) is 11.3. The van der Waals surface area contributed by atoms with Gasteiger partial charge >= 0.3 is 0 Å². The summed E-state index contributed by atoms with van der Waals surface area (Å²) in [4.78, 5) is 0. The third-order valence-corrected chi connectivity index (χ3v) is 3.30. The maximum absolute atomic E-state index is 9.90. The standard InChI is InChI=1S/C15H12O2/c1-9-11-5-3-2-4-10(11)8-13-12(9)6-7-14(16)15(13)17/h2-7,16-17H,1,8H2. The summed E-state index contributed by atoms with van der Waals surface area (Å²) in [6.07, 6.45) is 0.630. The number of hydrogen-bond acceptors (Lipinski definition) is 2. The number of rotatable bonds is 0. The van der Waals surface area contributed by atoms with Crippen LogP contribution in [0.5, 0.6) is 11.5 Å². The van der Waals surface area contributed by atoms with E-state index in [-0.39, 0.29) is 11.5 Å². The number of phenolic OH excluding ortho intramolecular Hbond substituents is 2. The third kappa shape index (κ3) is 1.34. The van der Waals surface area contributed by atoms with Crippen molar-refractivity contribution in [2.75, 3.05) is 0 Å². The highest BCUT2D eigenvalue weighted by molar-refractivity contribution is 5.85. The number of benzene rings is 2. The summed E-state index contributed by atoms with van der Waals surface area (Å²) in [7, 11) is 0. The average molecular weight is 224 g/mol. The first kappa shape index (κ1) is 9.97. The van der Waals surface area contributed by atoms with Crippen molar-refractivity contribution >= 4 is 5.57 Å². The lowest BCUT2D eigenvalue weighted by molar-refractivity contribution is 0.400. The second-order valence-electron chi connectivity index (χ2n) is 4.27. The molecule has 0 fully saturated rings. The Hall–Kier alpha value is -2.22. The lowest BCUT2D eigenvalue weighted by atomic mass is 9.82. The lowest BCUT2D eigenvalue weighted by Gasteiger charge is -2.22. The van der Waals surface area contributed by atoms with Crippen LogP contribution in [0, 0.1) is 0 Å². The van der Waals surface area contributed by atoms with Crippen molar-refractivity contribution in [3.63, 3.8) is 0 Å². The van der Waals surface area contributed by atoms with Crippen molar-refractivity contribution in [3.8, 4) is 11.5 Å². The molecule has 1 aliphatic carbocycles. The maximum atomic E-state index is 9.90. The van der Waals surface area contributed by atoms with E-state index in [1.165, 1.54) is 6.07 Å². The molecule has 2 aromatic rings. The Labute approximate surface area is 99.5 Å². The van der Waals surface area contributed by atoms with E-state index in [1.807, 2.05) is 30.3 Å². The van der Waals surface area contributed by atoms with Crippen molar-refractivity contribution in [2.45, 2.75) is 6.42 Å². The topological polar surface area (TPSA) is 40.5 Å². The molecule has 2 N–H and O–H groups in total. The molecule has 0 aliphatic heterocycles. The highest BCUT2D eigenvalue weighted by atomic mass is 16.3. The van der Waals surface area contributed by atoms with Gasteiger partial charge in [-0.15, -0.1) is 0 Å². The summed E-state index contributed by atoms with van der Waals surface area (Å²) < 4.78 is 0. The van der Waals surface area contributed by atoms with Gasteiger partial charge in [-0.2, -0.15) is 0 Å². The Balaban J connectivity index is 2.27. The second-order valence-corrected chi connectivity index (χ2v) is 4.27. The average Bonchev–Trinajstić information content (AvgIpc) is 2.35. The molecule has 0 unspecified atom stereocenters. The molecule has 0 aromatic heterocycles. The SMILES string of the molecule is C=C1c2ccccc2Cc2c1ccc(O)c2O. The zero-order valence-electron chi connectivity index (χ0n) is 9.27. The molecule has 0 saturated carbocycles. The Morgan fingerprint density at radius 2 is 1.71 bits per heavy atom. The van der Waals surface area contributed by atoms with E-state index >= 15 is 0 Å². The zero-order chi connectivity index (χ0) is 12.0. The van der Waals surface area contributed by atoms with Crippen LogP contribution in [0.2, 0.25) is 0 Å². The monoisotopic (exact) mass is 224 g/mol. The maximum Gasteiger partial charge on any atom is 0.161 e. The van der Waals surface area contributed by atoms with Gasteiger partial charge in [-0.25, -0.2) is 0 Å². The van der Waals surface area contributed by atoms with Gasteiger partial charge in [0.2, 0.25) is 0 Å². The van der Waals surface area contributed by atoms with Crippen LogP contribution in [0.15, 0.2) is 43.0 Å². The van der Waals surface area contributed by atoms with Gasteiger partial charge in [-0.1, -0.05) is 36.9 Å². The van der Waals surface area contributed by atoms with Crippen LogP contribution < -0.4 is 0 Å². The van der Waals surface area contributed by atoms with Gasteiger partial charge in [0.05, 0.1) is 0 Å². The van der Waals surface area contributed by atoms with Crippen molar-refractivity contribution in [2.24, 2.45) is 0 Å². The van der Waals surface area contributed by atoms with Crippen LogP contribution in [-0.4, -0.2) is 10.2 Å². The number of aromatic hydroxyl groups is 2. The first-order valence-corrected chi connectivity index (χ1v) is 5.50. The molecule has 0 saturated heterocycles. The predicted octanol–water partition coefficient (Wildman–Crippen LogP) is 3.06. The van der Waals surface area contributed by atoms with Gasteiger partial charge in [0.1, 0.15) is 0 Å². The van der Waals surface area contributed by atoms with Gasteiger partial charge in [0, 0.05) is 12.0 Å². The molecular formula is C15H12O2. The fourth-order valence-corrected chi connectivity index (χ4v) is 2.39. The fraction of sp³-hybridized carbons (Fsp3) is 0.0667. The molecule has 84 valence electrons. The van der Waals surface area contributed by atoms with Crippen LogP contribution >= 0.6 is 0 Å². The van der Waals surface area contributed by atoms with Gasteiger partial charge in [-0.3, -0.25) is 0 Å². The van der Waals surface area contributed by atoms with Gasteiger partial charge in [-0.05, 0) is 28.3 Å². The quantitative estimate of drug-likeness (QED) is 0.576. The summed E-state index contributed by atoms with van der Waals surface area (Å²) in [5.41, 5.74) is 4.82. The number of phenols is 2. The molecule has 1 aliphatic rings. The van der Waals surface area contributed by atoms with Crippen LogP contribution in [0.3, 0.4) is 0 Å². The molecule has 0 atom stereocenters. The van der Waals surface area contributed by atoms with E-state index in [1.54, 1.807) is 0 Å². The molecule has 2 nitrogen and oxygen atoms in total. The molecule has 3 rings (SSSR count). The Morgan fingerprint density at radius 3 is 2.53 bits per heavy atom. The van der Waals surface area contributed by atoms with E-state index in [4.69, 9.17) is 0 Å². The van der Waals surface area contributed by atoms with Crippen molar-refractivity contribution < 1.29 is 10.2 Å².